The lowest BCUT2D eigenvalue weighted by Gasteiger charge is -2.06. The van der Waals surface area contributed by atoms with E-state index in [0.717, 1.165) is 12.1 Å². The van der Waals surface area contributed by atoms with E-state index in [2.05, 4.69) is 9.97 Å². The highest BCUT2D eigenvalue weighted by molar-refractivity contribution is 5.78. The largest absolute Gasteiger partial charge is 0.433 e. The first-order valence-electron chi connectivity index (χ1n) is 6.06. The highest BCUT2D eigenvalue weighted by Gasteiger charge is 2.19. The van der Waals surface area contributed by atoms with Gasteiger partial charge in [0.1, 0.15) is 28.6 Å². The monoisotopic (exact) mass is 303 g/mol. The van der Waals surface area contributed by atoms with E-state index in [9.17, 15) is 18.9 Å². The van der Waals surface area contributed by atoms with Gasteiger partial charge in [-0.05, 0) is 18.2 Å². The van der Waals surface area contributed by atoms with Crippen molar-refractivity contribution in [2.45, 2.75) is 0 Å². The van der Waals surface area contributed by atoms with Gasteiger partial charge in [-0.25, -0.2) is 18.7 Å². The van der Waals surface area contributed by atoms with Crippen molar-refractivity contribution in [3.8, 4) is 22.6 Å². The number of nitrogens with zero attached hydrogens (tertiary/aromatic N) is 3. The third-order valence-electron chi connectivity index (χ3n) is 2.94. The Labute approximate surface area is 122 Å². The molecule has 110 valence electrons. The van der Waals surface area contributed by atoms with Crippen molar-refractivity contribution in [1.82, 2.24) is 9.97 Å². The zero-order valence-electron chi connectivity index (χ0n) is 10.9. The molecule has 0 aliphatic rings. The van der Waals surface area contributed by atoms with Gasteiger partial charge in [-0.2, -0.15) is 0 Å². The van der Waals surface area contributed by atoms with Gasteiger partial charge in [0.2, 0.25) is 0 Å². The Kier molecular flexibility index (Phi) is 3.34. The van der Waals surface area contributed by atoms with Crippen LogP contribution in [0.4, 0.5) is 14.7 Å². The summed E-state index contributed by atoms with van der Waals surface area (Å²) in [7, 11) is 0. The average Bonchev–Trinajstić information content (AvgIpc) is 2.97. The minimum Gasteiger partial charge on any atom is -0.399 e. The fraction of sp³-hybridized carbons (Fsp3) is 0. The Bertz CT molecular complexity index is 864. The minimum atomic E-state index is -0.794. The number of aromatic nitrogens is 2. The summed E-state index contributed by atoms with van der Waals surface area (Å²) in [5.41, 5.74) is 0.480. The lowest BCUT2D eigenvalue weighted by atomic mass is 10.0. The Morgan fingerprint density at radius 3 is 2.64 bits per heavy atom. The first-order valence-corrected chi connectivity index (χ1v) is 6.06. The molecule has 0 saturated heterocycles. The predicted octanol–water partition coefficient (Wildman–Crippen LogP) is 3.59. The van der Waals surface area contributed by atoms with Gasteiger partial charge in [0, 0.05) is 23.4 Å². The summed E-state index contributed by atoms with van der Waals surface area (Å²) in [6, 6.07) is 5.59. The van der Waals surface area contributed by atoms with E-state index in [0.29, 0.717) is 0 Å². The second kappa shape index (κ2) is 5.32. The van der Waals surface area contributed by atoms with Crippen molar-refractivity contribution in [2.75, 3.05) is 0 Å². The fourth-order valence-corrected chi connectivity index (χ4v) is 1.98. The van der Waals surface area contributed by atoms with Crippen LogP contribution in [0.15, 0.2) is 47.3 Å². The molecule has 22 heavy (non-hydrogen) atoms. The number of furan rings is 1. The molecular formula is C14H7F2N3O3. The number of hydrogen-bond acceptors (Lipinski definition) is 5. The molecular weight excluding hydrogens is 296 g/mol. The van der Waals surface area contributed by atoms with Crippen LogP contribution in [0, 0.1) is 21.7 Å². The molecule has 6 nitrogen and oxygen atoms in total. The maximum absolute atomic E-state index is 13.9. The molecule has 0 atom stereocenters. The van der Waals surface area contributed by atoms with Gasteiger partial charge >= 0.3 is 5.88 Å². The molecule has 1 aromatic carbocycles. The molecule has 0 spiro atoms. The zero-order chi connectivity index (χ0) is 15.7. The van der Waals surface area contributed by atoms with Gasteiger partial charge in [0.05, 0.1) is 6.07 Å². The molecule has 0 saturated carbocycles. The van der Waals surface area contributed by atoms with Crippen molar-refractivity contribution >= 4 is 5.88 Å². The molecule has 0 unspecified atom stereocenters. The van der Waals surface area contributed by atoms with Crippen LogP contribution < -0.4 is 0 Å². The molecule has 0 bridgehead atoms. The molecule has 8 heteroatoms. The molecule has 0 aliphatic heterocycles. The summed E-state index contributed by atoms with van der Waals surface area (Å²) in [4.78, 5) is 17.8. The molecule has 3 aromatic rings. The van der Waals surface area contributed by atoms with Crippen LogP contribution >= 0.6 is 0 Å². The number of nitro groups is 1. The van der Waals surface area contributed by atoms with Gasteiger partial charge in [0.15, 0.2) is 5.76 Å². The molecule has 0 radical (unpaired) electrons. The number of rotatable bonds is 3. The lowest BCUT2D eigenvalue weighted by molar-refractivity contribution is -0.401. The zero-order valence-corrected chi connectivity index (χ0v) is 10.9. The van der Waals surface area contributed by atoms with E-state index in [1.165, 1.54) is 30.7 Å². The Balaban J connectivity index is 2.15. The van der Waals surface area contributed by atoms with E-state index < -0.39 is 22.4 Å². The molecule has 0 aliphatic carbocycles. The van der Waals surface area contributed by atoms with Crippen LogP contribution in [-0.4, -0.2) is 14.9 Å². The smallest absolute Gasteiger partial charge is 0.399 e. The minimum absolute atomic E-state index is 0.0658. The van der Waals surface area contributed by atoms with Gasteiger partial charge in [-0.3, -0.25) is 10.1 Å². The van der Waals surface area contributed by atoms with Gasteiger partial charge in [-0.1, -0.05) is 0 Å². The molecule has 0 amide bonds. The normalized spacial score (nSPS) is 10.6. The van der Waals surface area contributed by atoms with E-state index in [1.807, 2.05) is 0 Å². The highest BCUT2D eigenvalue weighted by atomic mass is 19.1. The van der Waals surface area contributed by atoms with Crippen LogP contribution in [0.1, 0.15) is 0 Å². The molecule has 2 aromatic heterocycles. The summed E-state index contributed by atoms with van der Waals surface area (Å²) in [5.74, 6) is -1.88. The molecule has 0 N–H and O–H groups in total. The van der Waals surface area contributed by atoms with Crippen LogP contribution in [0.2, 0.25) is 0 Å². The quantitative estimate of drug-likeness (QED) is 0.545. The van der Waals surface area contributed by atoms with Crippen molar-refractivity contribution in [1.29, 1.82) is 0 Å². The number of halogens is 2. The van der Waals surface area contributed by atoms with E-state index in [1.54, 1.807) is 0 Å². The van der Waals surface area contributed by atoms with Gasteiger partial charge < -0.3 is 4.42 Å². The summed E-state index contributed by atoms with van der Waals surface area (Å²) in [6.45, 7) is 0. The lowest BCUT2D eigenvalue weighted by Crippen LogP contribution is -1.93. The predicted molar refractivity (Wildman–Crippen MR) is 71.7 cm³/mol. The van der Waals surface area contributed by atoms with Gasteiger partial charge in [-0.15, -0.1) is 0 Å². The van der Waals surface area contributed by atoms with E-state index in [-0.39, 0.29) is 22.6 Å². The summed E-state index contributed by atoms with van der Waals surface area (Å²) >= 11 is 0. The van der Waals surface area contributed by atoms with E-state index >= 15 is 0 Å². The third kappa shape index (κ3) is 2.41. The highest BCUT2D eigenvalue weighted by Crippen LogP contribution is 2.33. The Morgan fingerprint density at radius 2 is 1.95 bits per heavy atom. The van der Waals surface area contributed by atoms with Crippen molar-refractivity contribution in [3.63, 3.8) is 0 Å². The van der Waals surface area contributed by atoms with Gasteiger partial charge in [0.25, 0.3) is 0 Å². The standard InChI is InChI=1S/C14H7F2N3O3/c15-8-1-2-9(11(16)5-8)10-6-17-7-18-14(10)12-3-4-13(22-12)19(20)21/h1-7H. The van der Waals surface area contributed by atoms with Crippen molar-refractivity contribution in [2.24, 2.45) is 0 Å². The summed E-state index contributed by atoms with van der Waals surface area (Å²) in [5, 5.41) is 10.7. The first kappa shape index (κ1) is 13.8. The van der Waals surface area contributed by atoms with Crippen molar-refractivity contribution < 1.29 is 18.1 Å². The van der Waals surface area contributed by atoms with E-state index in [4.69, 9.17) is 4.42 Å². The number of hydrogen-bond donors (Lipinski definition) is 0. The maximum Gasteiger partial charge on any atom is 0.433 e. The Morgan fingerprint density at radius 1 is 1.14 bits per heavy atom. The summed E-state index contributed by atoms with van der Waals surface area (Å²) in [6.07, 6.45) is 2.53. The molecule has 0 fully saturated rings. The molecule has 3 rings (SSSR count). The average molecular weight is 303 g/mol. The topological polar surface area (TPSA) is 82.1 Å². The second-order valence-electron chi connectivity index (χ2n) is 4.30. The fourth-order valence-electron chi connectivity index (χ4n) is 1.98. The Hall–Kier alpha value is -3.16. The third-order valence-corrected chi connectivity index (χ3v) is 2.94. The van der Waals surface area contributed by atoms with Crippen molar-refractivity contribution in [3.05, 3.63) is 64.6 Å². The first-order chi connectivity index (χ1) is 10.6. The second-order valence-corrected chi connectivity index (χ2v) is 4.30. The van der Waals surface area contributed by atoms with Crippen LogP contribution in [0.3, 0.4) is 0 Å². The number of benzene rings is 1. The SMILES string of the molecule is O=[N+]([O-])c1ccc(-c2ncncc2-c2ccc(F)cc2F)o1. The van der Waals surface area contributed by atoms with Crippen LogP contribution in [-0.2, 0) is 0 Å². The van der Waals surface area contributed by atoms with Crippen LogP contribution in [0.5, 0.6) is 0 Å². The maximum atomic E-state index is 13.9. The molecule has 2 heterocycles. The van der Waals surface area contributed by atoms with Crippen LogP contribution in [0.25, 0.3) is 22.6 Å². The summed E-state index contributed by atoms with van der Waals surface area (Å²) < 4.78 is 32.0.